The van der Waals surface area contributed by atoms with Crippen LogP contribution >= 0.6 is 0 Å². The Morgan fingerprint density at radius 2 is 2.00 bits per heavy atom. The summed E-state index contributed by atoms with van der Waals surface area (Å²) in [7, 11) is 1.54. The summed E-state index contributed by atoms with van der Waals surface area (Å²) in [4.78, 5) is 12.1. The molecule has 2 aromatic rings. The average molecular weight is 321 g/mol. The van der Waals surface area contributed by atoms with E-state index in [0.29, 0.717) is 24.4 Å². The Labute approximate surface area is 134 Å². The first-order valence-electron chi connectivity index (χ1n) is 7.31. The van der Waals surface area contributed by atoms with Crippen molar-refractivity contribution in [2.45, 2.75) is 32.1 Å². The topological polar surface area (TPSA) is 71.7 Å². The van der Waals surface area contributed by atoms with Crippen LogP contribution in [0.3, 0.4) is 0 Å². The minimum Gasteiger partial charge on any atom is -0.453 e. The molecule has 0 fully saturated rings. The Balaban J connectivity index is 1.88. The molecule has 0 aliphatic carbocycles. The molecule has 6 heteroatoms. The maximum atomic E-state index is 12.9. The van der Waals surface area contributed by atoms with E-state index in [9.17, 15) is 14.3 Å². The predicted octanol–water partition coefficient (Wildman–Crippen LogP) is 2.81. The van der Waals surface area contributed by atoms with E-state index in [1.807, 2.05) is 0 Å². The number of ether oxygens (including phenoxy) is 1. The average Bonchev–Trinajstić information content (AvgIpc) is 2.97. The first-order valence-corrected chi connectivity index (χ1v) is 7.31. The van der Waals surface area contributed by atoms with Gasteiger partial charge < -0.3 is 19.6 Å². The second kappa shape index (κ2) is 7.89. The predicted molar refractivity (Wildman–Crippen MR) is 82.3 cm³/mol. The molecule has 0 radical (unpaired) electrons. The van der Waals surface area contributed by atoms with Crippen LogP contribution in [0.5, 0.6) is 0 Å². The van der Waals surface area contributed by atoms with E-state index >= 15 is 0 Å². The standard InChI is InChI=1S/C17H20FNO4/c1-11(9-15(20)12-3-5-13(18)6-4-12)19-17(21)16-8-7-14(23-16)10-22-2/h3-8,11,15,20H,9-10H2,1-2H3,(H,19,21). The van der Waals surface area contributed by atoms with Crippen LogP contribution in [0, 0.1) is 5.82 Å². The number of halogens is 1. The molecule has 0 aliphatic rings. The fourth-order valence-corrected chi connectivity index (χ4v) is 2.23. The van der Waals surface area contributed by atoms with Gasteiger partial charge in [-0.2, -0.15) is 0 Å². The number of carbonyl (C=O) groups is 1. The summed E-state index contributed by atoms with van der Waals surface area (Å²) in [6.45, 7) is 2.08. The molecule has 0 aliphatic heterocycles. The zero-order chi connectivity index (χ0) is 16.8. The van der Waals surface area contributed by atoms with Crippen LogP contribution in [0.2, 0.25) is 0 Å². The Bertz CT molecular complexity index is 638. The third-order valence-corrected chi connectivity index (χ3v) is 3.38. The van der Waals surface area contributed by atoms with Gasteiger partial charge in [-0.3, -0.25) is 4.79 Å². The van der Waals surface area contributed by atoms with Crippen molar-refractivity contribution in [2.75, 3.05) is 7.11 Å². The summed E-state index contributed by atoms with van der Waals surface area (Å²) >= 11 is 0. The Kier molecular flexibility index (Phi) is 5.90. The van der Waals surface area contributed by atoms with Crippen LogP contribution in [0.25, 0.3) is 0 Å². The first-order chi connectivity index (χ1) is 11.0. The summed E-state index contributed by atoms with van der Waals surface area (Å²) in [6.07, 6.45) is -0.477. The molecule has 1 aromatic carbocycles. The third kappa shape index (κ3) is 4.91. The molecule has 2 unspecified atom stereocenters. The van der Waals surface area contributed by atoms with E-state index in [4.69, 9.17) is 9.15 Å². The van der Waals surface area contributed by atoms with Crippen molar-refractivity contribution in [1.82, 2.24) is 5.32 Å². The first kappa shape index (κ1) is 17.2. The number of methoxy groups -OCH3 is 1. The summed E-state index contributed by atoms with van der Waals surface area (Å²) in [5, 5.41) is 12.9. The van der Waals surface area contributed by atoms with Gasteiger partial charge in [0.2, 0.25) is 0 Å². The van der Waals surface area contributed by atoms with Gasteiger partial charge in [-0.25, -0.2) is 4.39 Å². The zero-order valence-electron chi connectivity index (χ0n) is 13.1. The largest absolute Gasteiger partial charge is 0.453 e. The number of rotatable bonds is 7. The molecule has 2 rings (SSSR count). The van der Waals surface area contributed by atoms with Crippen molar-refractivity contribution >= 4 is 5.91 Å². The number of aliphatic hydroxyl groups excluding tert-OH is 1. The van der Waals surface area contributed by atoms with Crippen LogP contribution in [0.15, 0.2) is 40.8 Å². The molecule has 0 bridgehead atoms. The van der Waals surface area contributed by atoms with E-state index in [-0.39, 0.29) is 23.5 Å². The maximum Gasteiger partial charge on any atom is 0.287 e. The van der Waals surface area contributed by atoms with Crippen molar-refractivity contribution in [1.29, 1.82) is 0 Å². The normalized spacial score (nSPS) is 13.6. The highest BCUT2D eigenvalue weighted by atomic mass is 19.1. The molecule has 0 spiro atoms. The summed E-state index contributed by atoms with van der Waals surface area (Å²) in [6, 6.07) is 8.61. The van der Waals surface area contributed by atoms with Crippen LogP contribution < -0.4 is 5.32 Å². The highest BCUT2D eigenvalue weighted by Gasteiger charge is 2.17. The van der Waals surface area contributed by atoms with E-state index in [2.05, 4.69) is 5.32 Å². The maximum absolute atomic E-state index is 12.9. The van der Waals surface area contributed by atoms with Gasteiger partial charge in [-0.15, -0.1) is 0 Å². The number of nitrogens with one attached hydrogen (secondary N) is 1. The van der Waals surface area contributed by atoms with E-state index in [0.717, 1.165) is 0 Å². The molecular weight excluding hydrogens is 301 g/mol. The van der Waals surface area contributed by atoms with Crippen LogP contribution in [0.1, 0.15) is 41.3 Å². The molecule has 2 atom stereocenters. The van der Waals surface area contributed by atoms with Crippen LogP contribution in [0.4, 0.5) is 4.39 Å². The van der Waals surface area contributed by atoms with Gasteiger partial charge >= 0.3 is 0 Å². The van der Waals surface area contributed by atoms with Gasteiger partial charge in [0, 0.05) is 13.2 Å². The lowest BCUT2D eigenvalue weighted by molar-refractivity contribution is 0.0881. The molecule has 1 heterocycles. The van der Waals surface area contributed by atoms with Gasteiger partial charge in [-0.05, 0) is 43.2 Å². The number of benzene rings is 1. The highest BCUT2D eigenvalue weighted by Crippen LogP contribution is 2.19. The van der Waals surface area contributed by atoms with Crippen LogP contribution in [-0.2, 0) is 11.3 Å². The number of furan rings is 1. The molecular formula is C17H20FNO4. The number of amides is 1. The van der Waals surface area contributed by atoms with Crippen LogP contribution in [-0.4, -0.2) is 24.2 Å². The van der Waals surface area contributed by atoms with Crippen molar-refractivity contribution < 1.29 is 23.4 Å². The number of hydrogen-bond donors (Lipinski definition) is 2. The van der Waals surface area contributed by atoms with E-state index in [1.165, 1.54) is 24.3 Å². The Morgan fingerprint density at radius 3 is 2.65 bits per heavy atom. The third-order valence-electron chi connectivity index (χ3n) is 3.38. The molecule has 124 valence electrons. The Hall–Kier alpha value is -2.18. The number of carbonyl (C=O) groups excluding carboxylic acids is 1. The zero-order valence-corrected chi connectivity index (χ0v) is 13.1. The summed E-state index contributed by atoms with van der Waals surface area (Å²) < 4.78 is 23.1. The van der Waals surface area contributed by atoms with Crippen molar-refractivity contribution in [3.63, 3.8) is 0 Å². The van der Waals surface area contributed by atoms with Gasteiger partial charge in [0.15, 0.2) is 5.76 Å². The lowest BCUT2D eigenvalue weighted by Gasteiger charge is -2.17. The molecule has 0 saturated heterocycles. The minimum atomic E-state index is -0.786. The molecule has 23 heavy (non-hydrogen) atoms. The lowest BCUT2D eigenvalue weighted by Crippen LogP contribution is -2.33. The van der Waals surface area contributed by atoms with E-state index in [1.54, 1.807) is 26.2 Å². The molecule has 2 N–H and O–H groups in total. The van der Waals surface area contributed by atoms with Gasteiger partial charge in [0.25, 0.3) is 5.91 Å². The summed E-state index contributed by atoms with van der Waals surface area (Å²) in [5.74, 6) is 0.0509. The smallest absolute Gasteiger partial charge is 0.287 e. The second-order valence-electron chi connectivity index (χ2n) is 5.38. The second-order valence-corrected chi connectivity index (χ2v) is 5.38. The number of hydrogen-bond acceptors (Lipinski definition) is 4. The van der Waals surface area contributed by atoms with Gasteiger partial charge in [-0.1, -0.05) is 12.1 Å². The SMILES string of the molecule is COCc1ccc(C(=O)NC(C)CC(O)c2ccc(F)cc2)o1. The van der Waals surface area contributed by atoms with Gasteiger partial charge in [0.1, 0.15) is 18.2 Å². The van der Waals surface area contributed by atoms with Crippen molar-refractivity contribution in [2.24, 2.45) is 0 Å². The highest BCUT2D eigenvalue weighted by molar-refractivity contribution is 5.91. The number of aliphatic hydroxyl groups is 1. The fraction of sp³-hybridized carbons (Fsp3) is 0.353. The van der Waals surface area contributed by atoms with Crippen molar-refractivity contribution in [3.05, 3.63) is 59.3 Å². The molecule has 0 saturated carbocycles. The van der Waals surface area contributed by atoms with Gasteiger partial charge in [0.05, 0.1) is 6.10 Å². The quantitative estimate of drug-likeness (QED) is 0.822. The monoisotopic (exact) mass is 321 g/mol. The summed E-state index contributed by atoms with van der Waals surface area (Å²) in [5.41, 5.74) is 0.605. The fourth-order valence-electron chi connectivity index (χ4n) is 2.23. The Morgan fingerprint density at radius 1 is 1.30 bits per heavy atom. The van der Waals surface area contributed by atoms with E-state index < -0.39 is 6.10 Å². The lowest BCUT2D eigenvalue weighted by atomic mass is 10.0. The molecule has 1 aromatic heterocycles. The van der Waals surface area contributed by atoms with Crippen molar-refractivity contribution in [3.8, 4) is 0 Å². The molecule has 1 amide bonds. The molecule has 5 nitrogen and oxygen atoms in total. The minimum absolute atomic E-state index is 0.195.